The minimum Gasteiger partial charge on any atom is -0.381 e. The number of ether oxygens (including phenoxy) is 1. The van der Waals surface area contributed by atoms with Crippen molar-refractivity contribution in [2.45, 2.75) is 19.4 Å². The van der Waals surface area contributed by atoms with Crippen LogP contribution >= 0.6 is 0 Å². The number of hydrogen-bond acceptors (Lipinski definition) is 3. The second kappa shape index (κ2) is 6.53. The molecule has 1 aliphatic rings. The lowest BCUT2D eigenvalue weighted by atomic mass is 9.99. The summed E-state index contributed by atoms with van der Waals surface area (Å²) in [5.41, 5.74) is 1.95. The Kier molecular flexibility index (Phi) is 4.74. The first-order chi connectivity index (χ1) is 8.78. The van der Waals surface area contributed by atoms with Gasteiger partial charge in [-0.1, -0.05) is 12.1 Å². The summed E-state index contributed by atoms with van der Waals surface area (Å²) in [6.45, 7) is 3.83. The summed E-state index contributed by atoms with van der Waals surface area (Å²) in [4.78, 5) is 2.34. The van der Waals surface area contributed by atoms with Gasteiger partial charge in [0, 0.05) is 26.3 Å². The largest absolute Gasteiger partial charge is 0.381 e. The Morgan fingerprint density at radius 3 is 2.89 bits per heavy atom. The van der Waals surface area contributed by atoms with Gasteiger partial charge >= 0.3 is 0 Å². The molecule has 18 heavy (non-hydrogen) atoms. The zero-order valence-electron chi connectivity index (χ0n) is 10.9. The number of benzene rings is 1. The van der Waals surface area contributed by atoms with E-state index < -0.39 is 0 Å². The van der Waals surface area contributed by atoms with Gasteiger partial charge in [-0.15, -0.1) is 0 Å². The summed E-state index contributed by atoms with van der Waals surface area (Å²) in [5, 5.41) is 8.88. The van der Waals surface area contributed by atoms with Gasteiger partial charge in [0.05, 0.1) is 11.6 Å². The van der Waals surface area contributed by atoms with Gasteiger partial charge in [-0.2, -0.15) is 5.26 Å². The highest BCUT2D eigenvalue weighted by Gasteiger charge is 2.15. The molecule has 0 unspecified atom stereocenters. The minimum atomic E-state index is 0.743. The molecular weight excluding hydrogens is 224 g/mol. The Labute approximate surface area is 109 Å². The molecule has 1 aromatic carbocycles. The van der Waals surface area contributed by atoms with Crippen molar-refractivity contribution >= 4 is 0 Å². The van der Waals surface area contributed by atoms with E-state index >= 15 is 0 Å². The molecule has 0 bridgehead atoms. The van der Waals surface area contributed by atoms with E-state index in [9.17, 15) is 0 Å². The molecule has 0 N–H and O–H groups in total. The molecule has 1 aromatic rings. The van der Waals surface area contributed by atoms with Crippen molar-refractivity contribution in [1.29, 1.82) is 5.26 Å². The van der Waals surface area contributed by atoms with E-state index in [1.165, 1.54) is 18.4 Å². The quantitative estimate of drug-likeness (QED) is 0.816. The van der Waals surface area contributed by atoms with E-state index in [-0.39, 0.29) is 0 Å². The molecule has 1 aliphatic heterocycles. The number of nitrogens with zero attached hydrogens (tertiary/aromatic N) is 2. The maximum Gasteiger partial charge on any atom is 0.0991 e. The Balaban J connectivity index is 1.86. The van der Waals surface area contributed by atoms with Crippen LogP contribution < -0.4 is 0 Å². The van der Waals surface area contributed by atoms with Gasteiger partial charge < -0.3 is 9.64 Å². The zero-order valence-corrected chi connectivity index (χ0v) is 10.9. The molecular formula is C15H20N2O. The topological polar surface area (TPSA) is 36.3 Å². The average molecular weight is 244 g/mol. The van der Waals surface area contributed by atoms with Gasteiger partial charge in [-0.25, -0.2) is 0 Å². The van der Waals surface area contributed by atoms with Crippen LogP contribution in [0.4, 0.5) is 0 Å². The standard InChI is InChI=1S/C15H20N2O/c1-17(11-13-5-7-18-8-6-13)12-15-4-2-3-14(9-15)10-16/h2-4,9,13H,5-8,11-12H2,1H3. The Morgan fingerprint density at radius 1 is 1.39 bits per heavy atom. The predicted molar refractivity (Wildman–Crippen MR) is 71.0 cm³/mol. The van der Waals surface area contributed by atoms with Gasteiger partial charge in [0.2, 0.25) is 0 Å². The fourth-order valence-corrected chi connectivity index (χ4v) is 2.49. The number of rotatable bonds is 4. The second-order valence-electron chi connectivity index (χ2n) is 5.06. The van der Waals surface area contributed by atoms with Crippen LogP contribution in [0.3, 0.4) is 0 Å². The van der Waals surface area contributed by atoms with Crippen molar-refractivity contribution in [3.63, 3.8) is 0 Å². The van der Waals surface area contributed by atoms with Crippen LogP contribution in [0.5, 0.6) is 0 Å². The Hall–Kier alpha value is -1.37. The molecule has 3 heteroatoms. The fourth-order valence-electron chi connectivity index (χ4n) is 2.49. The lowest BCUT2D eigenvalue weighted by Crippen LogP contribution is -2.29. The lowest BCUT2D eigenvalue weighted by Gasteiger charge is -2.27. The highest BCUT2D eigenvalue weighted by Crippen LogP contribution is 2.16. The third-order valence-corrected chi connectivity index (χ3v) is 3.42. The summed E-state index contributed by atoms with van der Waals surface area (Å²) in [7, 11) is 2.15. The number of hydrogen-bond donors (Lipinski definition) is 0. The maximum atomic E-state index is 8.88. The van der Waals surface area contributed by atoms with E-state index in [1.807, 2.05) is 18.2 Å². The van der Waals surface area contributed by atoms with Gasteiger partial charge in [-0.3, -0.25) is 0 Å². The predicted octanol–water partition coefficient (Wildman–Crippen LogP) is 2.42. The van der Waals surface area contributed by atoms with Crippen molar-refractivity contribution in [2.24, 2.45) is 5.92 Å². The summed E-state index contributed by atoms with van der Waals surface area (Å²) >= 11 is 0. The van der Waals surface area contributed by atoms with Crippen LogP contribution in [0.2, 0.25) is 0 Å². The molecule has 0 aliphatic carbocycles. The molecule has 0 radical (unpaired) electrons. The van der Waals surface area contributed by atoms with Gasteiger partial charge in [0.25, 0.3) is 0 Å². The van der Waals surface area contributed by atoms with Gasteiger partial charge in [-0.05, 0) is 43.5 Å². The molecule has 1 heterocycles. The summed E-state index contributed by atoms with van der Waals surface area (Å²) < 4.78 is 5.38. The smallest absolute Gasteiger partial charge is 0.0991 e. The SMILES string of the molecule is CN(Cc1cccc(C#N)c1)CC1CCOCC1. The molecule has 1 fully saturated rings. The first-order valence-corrected chi connectivity index (χ1v) is 6.53. The van der Waals surface area contributed by atoms with E-state index in [0.29, 0.717) is 0 Å². The van der Waals surface area contributed by atoms with E-state index in [2.05, 4.69) is 24.1 Å². The maximum absolute atomic E-state index is 8.88. The zero-order chi connectivity index (χ0) is 12.8. The average Bonchev–Trinajstić information content (AvgIpc) is 2.40. The van der Waals surface area contributed by atoms with Crippen molar-refractivity contribution in [3.8, 4) is 6.07 Å². The molecule has 0 saturated carbocycles. The van der Waals surface area contributed by atoms with Gasteiger partial charge in [0.15, 0.2) is 0 Å². The Bertz CT molecular complexity index is 419. The minimum absolute atomic E-state index is 0.743. The third kappa shape index (κ3) is 3.83. The molecule has 0 atom stereocenters. The van der Waals surface area contributed by atoms with Crippen LogP contribution in [-0.2, 0) is 11.3 Å². The number of nitriles is 1. The highest BCUT2D eigenvalue weighted by molar-refractivity contribution is 5.32. The van der Waals surface area contributed by atoms with E-state index in [0.717, 1.165) is 37.8 Å². The lowest BCUT2D eigenvalue weighted by molar-refractivity contribution is 0.0549. The second-order valence-corrected chi connectivity index (χ2v) is 5.06. The summed E-state index contributed by atoms with van der Waals surface area (Å²) in [5.74, 6) is 0.753. The summed E-state index contributed by atoms with van der Waals surface area (Å²) in [6.07, 6.45) is 2.34. The van der Waals surface area contributed by atoms with Crippen molar-refractivity contribution in [1.82, 2.24) is 4.90 Å². The van der Waals surface area contributed by atoms with Crippen LogP contribution in [0.25, 0.3) is 0 Å². The molecule has 1 saturated heterocycles. The molecule has 0 spiro atoms. The van der Waals surface area contributed by atoms with Crippen LogP contribution in [-0.4, -0.2) is 31.7 Å². The first kappa shape index (κ1) is 13.1. The van der Waals surface area contributed by atoms with Crippen molar-refractivity contribution < 1.29 is 4.74 Å². The van der Waals surface area contributed by atoms with Crippen LogP contribution in [0.15, 0.2) is 24.3 Å². The monoisotopic (exact) mass is 244 g/mol. The van der Waals surface area contributed by atoms with Crippen LogP contribution in [0.1, 0.15) is 24.0 Å². The molecule has 0 amide bonds. The first-order valence-electron chi connectivity index (χ1n) is 6.53. The molecule has 2 rings (SSSR count). The van der Waals surface area contributed by atoms with E-state index in [4.69, 9.17) is 10.00 Å². The normalized spacial score (nSPS) is 16.7. The van der Waals surface area contributed by atoms with Crippen LogP contribution in [0, 0.1) is 17.2 Å². The fraction of sp³-hybridized carbons (Fsp3) is 0.533. The van der Waals surface area contributed by atoms with Gasteiger partial charge in [0.1, 0.15) is 0 Å². The molecule has 3 nitrogen and oxygen atoms in total. The molecule has 0 aromatic heterocycles. The summed E-state index contributed by atoms with van der Waals surface area (Å²) in [6, 6.07) is 10.0. The third-order valence-electron chi connectivity index (χ3n) is 3.42. The Morgan fingerprint density at radius 2 is 2.17 bits per heavy atom. The molecule has 96 valence electrons. The van der Waals surface area contributed by atoms with Crippen molar-refractivity contribution in [3.05, 3.63) is 35.4 Å². The highest BCUT2D eigenvalue weighted by atomic mass is 16.5. The van der Waals surface area contributed by atoms with E-state index in [1.54, 1.807) is 0 Å². The van der Waals surface area contributed by atoms with Crippen molar-refractivity contribution in [2.75, 3.05) is 26.8 Å².